The van der Waals surface area contributed by atoms with Crippen LogP contribution in [0.1, 0.15) is 167 Å². The second kappa shape index (κ2) is 18.4. The van der Waals surface area contributed by atoms with E-state index in [9.17, 15) is 15.3 Å². The fraction of sp³-hybridized carbons (Fsp3) is 0.920. The molecule has 59 heavy (non-hydrogen) atoms. The molecule has 0 radical (unpaired) electrons. The summed E-state index contributed by atoms with van der Waals surface area (Å²) in [4.78, 5) is 0. The molecule has 0 bridgehead atoms. The van der Waals surface area contributed by atoms with Crippen LogP contribution < -0.4 is 0 Å². The van der Waals surface area contributed by atoms with E-state index in [1.807, 2.05) is 6.92 Å². The summed E-state index contributed by atoms with van der Waals surface area (Å²) in [6.07, 6.45) is 13.3. The Balaban J connectivity index is 0.000000324. The van der Waals surface area contributed by atoms with Gasteiger partial charge in [0.1, 0.15) is 0 Å². The molecule has 346 valence electrons. The average Bonchev–Trinajstić information content (AvgIpc) is 3.61. The van der Waals surface area contributed by atoms with Crippen LogP contribution in [-0.2, 0) is 13.3 Å². The molecule has 4 aliphatic rings. The van der Waals surface area contributed by atoms with Crippen molar-refractivity contribution in [3.63, 3.8) is 0 Å². The van der Waals surface area contributed by atoms with E-state index in [2.05, 4.69) is 136 Å². The molecule has 4 rings (SSSR count). The highest BCUT2D eigenvalue weighted by Crippen LogP contribution is 2.62. The van der Waals surface area contributed by atoms with E-state index in [4.69, 9.17) is 13.3 Å². The van der Waals surface area contributed by atoms with E-state index in [0.29, 0.717) is 43.5 Å². The maximum atomic E-state index is 11.8. The van der Waals surface area contributed by atoms with E-state index < -0.39 is 36.2 Å². The van der Waals surface area contributed by atoms with Gasteiger partial charge in [-0.1, -0.05) is 108 Å². The highest BCUT2D eigenvalue weighted by molar-refractivity contribution is 6.75. The lowest BCUT2D eigenvalue weighted by Crippen LogP contribution is -2.52. The molecule has 10 atom stereocenters. The quantitative estimate of drug-likeness (QED) is 0.119. The molecule has 4 saturated carbocycles. The highest BCUT2D eigenvalue weighted by Gasteiger charge is 2.59. The number of hydrogen-bond acceptors (Lipinski definition) is 6. The van der Waals surface area contributed by atoms with Crippen LogP contribution in [0.4, 0.5) is 0 Å². The molecule has 0 heterocycles. The van der Waals surface area contributed by atoms with Gasteiger partial charge in [0.25, 0.3) is 0 Å². The van der Waals surface area contributed by atoms with E-state index in [0.717, 1.165) is 36.8 Å². The lowest BCUT2D eigenvalue weighted by molar-refractivity contribution is -0.0875. The molecule has 4 aliphatic carbocycles. The Morgan fingerprint density at radius 3 is 1.22 bits per heavy atom. The molecular formula is C50H98O6Si3. The number of rotatable bonds is 14. The fourth-order valence-corrected chi connectivity index (χ4v) is 15.3. The molecule has 0 amide bonds. The summed E-state index contributed by atoms with van der Waals surface area (Å²) in [7, 11) is -5.43. The first-order valence-electron chi connectivity index (χ1n) is 23.8. The molecule has 0 aliphatic heterocycles. The second-order valence-corrected chi connectivity index (χ2v) is 40.2. The summed E-state index contributed by atoms with van der Waals surface area (Å²) in [5.41, 5.74) is 0.451. The molecule has 4 fully saturated rings. The summed E-state index contributed by atoms with van der Waals surface area (Å²) >= 11 is 0. The number of aliphatic hydroxyl groups is 3. The summed E-state index contributed by atoms with van der Waals surface area (Å²) < 4.78 is 20.3. The Kier molecular flexibility index (Phi) is 16.6. The Morgan fingerprint density at radius 1 is 0.559 bits per heavy atom. The summed E-state index contributed by atoms with van der Waals surface area (Å²) in [5.74, 6) is 1.61. The predicted octanol–water partition coefficient (Wildman–Crippen LogP) is 13.6. The summed E-state index contributed by atoms with van der Waals surface area (Å²) in [6, 6.07) is 0. The zero-order valence-corrected chi connectivity index (χ0v) is 45.3. The van der Waals surface area contributed by atoms with E-state index in [-0.39, 0.29) is 44.4 Å². The first-order valence-corrected chi connectivity index (χ1v) is 32.5. The van der Waals surface area contributed by atoms with Crippen LogP contribution in [0.25, 0.3) is 0 Å². The normalized spacial score (nSPS) is 32.9. The third-order valence-electron chi connectivity index (χ3n) is 18.0. The van der Waals surface area contributed by atoms with Crippen molar-refractivity contribution in [1.82, 2.24) is 0 Å². The Labute approximate surface area is 368 Å². The summed E-state index contributed by atoms with van der Waals surface area (Å²) in [5, 5.41) is 33.0. The minimum atomic E-state index is -1.82. The number of fused-ring (bicyclic) bond motifs is 2. The zero-order valence-electron chi connectivity index (χ0n) is 42.3. The van der Waals surface area contributed by atoms with Gasteiger partial charge >= 0.3 is 0 Å². The van der Waals surface area contributed by atoms with Crippen molar-refractivity contribution in [2.45, 2.75) is 245 Å². The minimum absolute atomic E-state index is 0.0415. The SMILES string of the molecule is C=C(CO)C[C@](C)(O)[C@H]1CC[C@H]2[C@@H](O[Si](C)(C)C(C)(C)C)CCC[C@@]21C.C=C(CO[Si](C)(C)C(C)(C)C)C[C@](C)(O)[C@H]1CC[C@H]2[C@@H](O[Si](C)(C)C(C)(C)C)CCC[C@@]21C. The zero-order chi connectivity index (χ0) is 45.6. The van der Waals surface area contributed by atoms with Gasteiger partial charge in [-0.25, -0.2) is 0 Å². The van der Waals surface area contributed by atoms with E-state index in [1.165, 1.54) is 38.5 Å². The molecule has 0 saturated heterocycles. The van der Waals surface area contributed by atoms with Crippen LogP contribution in [0.2, 0.25) is 54.4 Å². The molecule has 0 aromatic carbocycles. The molecule has 9 heteroatoms. The third-order valence-corrected chi connectivity index (χ3v) is 31.5. The largest absolute Gasteiger partial charge is 0.414 e. The smallest absolute Gasteiger partial charge is 0.192 e. The monoisotopic (exact) mass is 879 g/mol. The first-order chi connectivity index (χ1) is 26.4. The molecule has 0 spiro atoms. The predicted molar refractivity (Wildman–Crippen MR) is 259 cm³/mol. The van der Waals surface area contributed by atoms with Gasteiger partial charge in [0, 0.05) is 12.2 Å². The fourth-order valence-electron chi connectivity index (χ4n) is 11.5. The number of hydrogen-bond donors (Lipinski definition) is 3. The van der Waals surface area contributed by atoms with Crippen molar-refractivity contribution in [2.75, 3.05) is 13.2 Å². The van der Waals surface area contributed by atoms with Crippen molar-refractivity contribution >= 4 is 25.0 Å². The standard InChI is InChI=1S/C28H56O3Si2.C22H42O3Si/c1-21(20-30-32(10,11)25(2,3)4)19-28(9,29)24-17-16-22-23(15-14-18-27(22,24)8)31-33(12,13)26(5,6)7;1-16(15-23)14-22(6,24)19-12-11-17-18(10-9-13-21(17,19)5)25-26(7,8)20(2,3)4/h22-24,29H,1,14-20H2,2-13H3;17-19,23-24H,1,9-15H2,2-8H3/t22-,23-,24-,27-,28-;17-,18-,19-,21-,22-/m00/s1. The maximum Gasteiger partial charge on any atom is 0.192 e. The van der Waals surface area contributed by atoms with Gasteiger partial charge in [0.15, 0.2) is 25.0 Å². The Bertz CT molecular complexity index is 1430. The van der Waals surface area contributed by atoms with Crippen LogP contribution in [0.15, 0.2) is 24.3 Å². The van der Waals surface area contributed by atoms with Crippen molar-refractivity contribution in [3.05, 3.63) is 24.3 Å². The van der Waals surface area contributed by atoms with Crippen LogP contribution in [0.3, 0.4) is 0 Å². The minimum Gasteiger partial charge on any atom is -0.414 e. The molecule has 0 unspecified atom stereocenters. The third kappa shape index (κ3) is 12.0. The van der Waals surface area contributed by atoms with Gasteiger partial charge in [-0.2, -0.15) is 0 Å². The van der Waals surface area contributed by atoms with Gasteiger partial charge in [0.2, 0.25) is 0 Å². The topological polar surface area (TPSA) is 88.4 Å². The molecule has 0 aromatic heterocycles. The van der Waals surface area contributed by atoms with Gasteiger partial charge in [-0.3, -0.25) is 0 Å². The average molecular weight is 880 g/mol. The first kappa shape index (κ1) is 53.2. The Morgan fingerprint density at radius 2 is 0.898 bits per heavy atom. The van der Waals surface area contributed by atoms with Crippen LogP contribution >= 0.6 is 0 Å². The van der Waals surface area contributed by atoms with Gasteiger partial charge in [-0.15, -0.1) is 0 Å². The van der Waals surface area contributed by atoms with Gasteiger partial charge in [0.05, 0.1) is 24.4 Å². The van der Waals surface area contributed by atoms with Crippen LogP contribution in [0, 0.1) is 34.5 Å². The van der Waals surface area contributed by atoms with Crippen LogP contribution in [-0.4, -0.2) is 76.9 Å². The van der Waals surface area contributed by atoms with Crippen molar-refractivity contribution in [1.29, 1.82) is 0 Å². The Hall–Kier alpha value is -0.109. The summed E-state index contributed by atoms with van der Waals surface area (Å²) in [6.45, 7) is 52.4. The van der Waals surface area contributed by atoms with Gasteiger partial charge < -0.3 is 28.6 Å². The molecule has 3 N–H and O–H groups in total. The lowest BCUT2D eigenvalue weighted by Gasteiger charge is -2.51. The maximum absolute atomic E-state index is 11.8. The number of aliphatic hydroxyl groups excluding tert-OH is 1. The van der Waals surface area contributed by atoms with E-state index in [1.54, 1.807) is 0 Å². The van der Waals surface area contributed by atoms with Crippen LogP contribution in [0.5, 0.6) is 0 Å². The molecular weight excluding hydrogens is 781 g/mol. The lowest BCUT2D eigenvalue weighted by atomic mass is 9.60. The second-order valence-electron chi connectivity index (χ2n) is 25.9. The molecule has 0 aromatic rings. The van der Waals surface area contributed by atoms with Crippen molar-refractivity contribution in [3.8, 4) is 0 Å². The highest BCUT2D eigenvalue weighted by atomic mass is 28.4. The molecule has 6 nitrogen and oxygen atoms in total. The van der Waals surface area contributed by atoms with Crippen molar-refractivity contribution in [2.24, 2.45) is 34.5 Å². The van der Waals surface area contributed by atoms with E-state index >= 15 is 0 Å². The van der Waals surface area contributed by atoms with Crippen molar-refractivity contribution < 1.29 is 28.6 Å². The van der Waals surface area contributed by atoms with Gasteiger partial charge in [-0.05, 0) is 173 Å².